The van der Waals surface area contributed by atoms with Crippen LogP contribution in [0.2, 0.25) is 55.2 Å². The average molecular weight is 535 g/mol. The van der Waals surface area contributed by atoms with Gasteiger partial charge < -0.3 is 0 Å². The van der Waals surface area contributed by atoms with E-state index in [1.54, 1.807) is 0 Å². The monoisotopic (exact) mass is 530 g/mol. The molecule has 0 aromatic heterocycles. The fraction of sp³-hybridized carbons (Fsp3) is 0. The molecule has 0 saturated carbocycles. The highest BCUT2D eigenvalue weighted by Crippen LogP contribution is 2.46. The summed E-state index contributed by atoms with van der Waals surface area (Å²) < 4.78 is 0. The van der Waals surface area contributed by atoms with Gasteiger partial charge in [0.1, 0.15) is 0 Å². The fourth-order valence-corrected chi connectivity index (χ4v) is 3.66. The molecule has 0 radical (unpaired) electrons. The molecule has 0 unspecified atom stereocenters. The predicted octanol–water partition coefficient (Wildman–Crippen LogP) is 10.6. The van der Waals surface area contributed by atoms with Crippen molar-refractivity contribution in [3.8, 4) is 0 Å². The van der Waals surface area contributed by atoms with Crippen LogP contribution in [-0.2, 0) is 0 Å². The number of rotatable bonds is 0. The third kappa shape index (κ3) is 5.31. The highest BCUT2D eigenvalue weighted by atomic mass is 35.5. The molecule has 0 spiro atoms. The third-order valence-corrected chi connectivity index (χ3v) is 7.21. The van der Waals surface area contributed by atoms with E-state index in [1.165, 1.54) is 6.07 Å². The molecule has 23 heavy (non-hydrogen) atoms. The van der Waals surface area contributed by atoms with E-state index in [9.17, 15) is 0 Å². The smallest absolute Gasteiger partial charge is 0.0810 e. The van der Waals surface area contributed by atoms with Crippen molar-refractivity contribution in [2.45, 2.75) is 0 Å². The van der Waals surface area contributed by atoms with E-state index in [1.807, 2.05) is 0 Å². The van der Waals surface area contributed by atoms with Crippen LogP contribution < -0.4 is 0 Å². The number of hydrogen-bond acceptors (Lipinski definition) is 0. The van der Waals surface area contributed by atoms with Gasteiger partial charge in [-0.2, -0.15) is 0 Å². The number of halogens is 11. The highest BCUT2D eigenvalue weighted by molar-refractivity contribution is 6.59. The summed E-state index contributed by atoms with van der Waals surface area (Å²) in [6, 6.07) is 1.44. The lowest BCUT2D eigenvalue weighted by molar-refractivity contribution is 1.69. The summed E-state index contributed by atoms with van der Waals surface area (Å²) in [5, 5.41) is 1.88. The van der Waals surface area contributed by atoms with Crippen molar-refractivity contribution in [3.63, 3.8) is 0 Å². The quantitative estimate of drug-likeness (QED) is 0.233. The number of hydrogen-bond donors (Lipinski definition) is 0. The minimum absolute atomic E-state index is 0.109. The van der Waals surface area contributed by atoms with Gasteiger partial charge in [-0.25, -0.2) is 0 Å². The molecule has 0 nitrogen and oxygen atoms in total. The summed E-state index contributed by atoms with van der Waals surface area (Å²) in [6.45, 7) is 0. The Kier molecular flexibility index (Phi) is 9.40. The van der Waals surface area contributed by atoms with Crippen molar-refractivity contribution >= 4 is 128 Å². The van der Waals surface area contributed by atoms with Crippen LogP contribution in [0, 0.1) is 0 Å². The third-order valence-electron chi connectivity index (χ3n) is 2.21. The lowest BCUT2D eigenvalue weighted by Crippen LogP contribution is -1.79. The van der Waals surface area contributed by atoms with Crippen molar-refractivity contribution in [2.24, 2.45) is 0 Å². The second-order valence-electron chi connectivity index (χ2n) is 3.67. The van der Waals surface area contributed by atoms with Crippen LogP contribution in [0.3, 0.4) is 0 Å². The Hall–Kier alpha value is 1.63. The van der Waals surface area contributed by atoms with E-state index >= 15 is 0 Å². The molecule has 2 rings (SSSR count). The summed E-state index contributed by atoms with van der Waals surface area (Å²) in [4.78, 5) is 0. The zero-order valence-corrected chi connectivity index (χ0v) is 18.6. The van der Waals surface area contributed by atoms with Gasteiger partial charge in [-0.3, -0.25) is 0 Å². The average Bonchev–Trinajstić information content (AvgIpc) is 2.53. The lowest BCUT2D eigenvalue weighted by Gasteiger charge is -2.06. The first-order valence-electron chi connectivity index (χ1n) is 5.16. The molecule has 0 amide bonds. The molecule has 0 aliphatic carbocycles. The lowest BCUT2D eigenvalue weighted by atomic mass is 10.3. The normalized spacial score (nSPS) is 10.4. The van der Waals surface area contributed by atoms with Crippen LogP contribution >= 0.6 is 128 Å². The molecule has 0 bridgehead atoms. The first-order chi connectivity index (χ1) is 10.5. The van der Waals surface area contributed by atoms with E-state index < -0.39 is 0 Å². The molecular formula is C12HCl11. The van der Waals surface area contributed by atoms with Crippen molar-refractivity contribution in [2.75, 3.05) is 0 Å². The van der Waals surface area contributed by atoms with Gasteiger partial charge in [0.05, 0.1) is 55.2 Å². The summed E-state index contributed by atoms with van der Waals surface area (Å²) in [6.07, 6.45) is 0. The largest absolute Gasteiger partial charge is 0.0826 e. The zero-order valence-electron chi connectivity index (χ0n) is 10.2. The second kappa shape index (κ2) is 9.53. The maximum atomic E-state index is 5.67. The molecule has 0 fully saturated rings. The predicted molar refractivity (Wildman–Crippen MR) is 108 cm³/mol. The van der Waals surface area contributed by atoms with Crippen LogP contribution in [0.25, 0.3) is 0 Å². The molecule has 0 N–H and O–H groups in total. The van der Waals surface area contributed by atoms with Gasteiger partial charge in [-0.15, -0.1) is 0 Å². The van der Waals surface area contributed by atoms with Crippen LogP contribution in [0.4, 0.5) is 0 Å². The van der Waals surface area contributed by atoms with Gasteiger partial charge in [0.25, 0.3) is 0 Å². The summed E-state index contributed by atoms with van der Waals surface area (Å²) in [5.74, 6) is 0. The molecule has 0 saturated heterocycles. The Labute approximate surface area is 187 Å². The van der Waals surface area contributed by atoms with E-state index in [0.717, 1.165) is 0 Å². The van der Waals surface area contributed by atoms with Gasteiger partial charge >= 0.3 is 0 Å². The fourth-order valence-electron chi connectivity index (χ4n) is 1.12. The van der Waals surface area contributed by atoms with Crippen molar-refractivity contribution in [1.82, 2.24) is 0 Å². The van der Waals surface area contributed by atoms with Crippen LogP contribution in [0.15, 0.2) is 6.07 Å². The Morgan fingerprint density at radius 3 is 0.696 bits per heavy atom. The van der Waals surface area contributed by atoms with Crippen LogP contribution in [0.1, 0.15) is 0 Å². The van der Waals surface area contributed by atoms with E-state index in [-0.39, 0.29) is 45.2 Å². The van der Waals surface area contributed by atoms with Gasteiger partial charge in [-0.05, 0) is 6.07 Å². The van der Waals surface area contributed by atoms with E-state index in [4.69, 9.17) is 128 Å². The Morgan fingerprint density at radius 1 is 0.304 bits per heavy atom. The molecule has 11 heteroatoms. The molecule has 0 aliphatic heterocycles. The SMILES string of the molecule is Clc1c(Cl)c(Cl)c(Cl)c(Cl)c1Cl.Clc1cc(Cl)c(Cl)c(Cl)c1Cl. The Balaban J connectivity index is 0.000000231. The molecule has 126 valence electrons. The zero-order chi connectivity index (χ0) is 18.1. The van der Waals surface area contributed by atoms with Gasteiger partial charge in [0, 0.05) is 0 Å². The molecular weight excluding hydrogens is 534 g/mol. The van der Waals surface area contributed by atoms with Crippen LogP contribution in [0.5, 0.6) is 0 Å². The molecule has 0 aliphatic rings. The van der Waals surface area contributed by atoms with E-state index in [0.29, 0.717) is 10.0 Å². The molecule has 2 aromatic rings. The van der Waals surface area contributed by atoms with Crippen molar-refractivity contribution in [3.05, 3.63) is 61.3 Å². The Bertz CT molecular complexity index is 622. The second-order valence-corrected chi connectivity index (χ2v) is 7.88. The first-order valence-corrected chi connectivity index (χ1v) is 9.31. The topological polar surface area (TPSA) is 0 Å². The minimum Gasteiger partial charge on any atom is -0.0826 e. The highest BCUT2D eigenvalue weighted by Gasteiger charge is 2.17. The Morgan fingerprint density at radius 2 is 0.478 bits per heavy atom. The molecule has 0 atom stereocenters. The minimum atomic E-state index is 0.109. The summed E-state index contributed by atoms with van der Waals surface area (Å²) in [5.41, 5.74) is 0. The maximum Gasteiger partial charge on any atom is 0.0810 e. The standard InChI is InChI=1S/C6Cl6.C6HCl5/c7-1-2(8)4(10)6(12)5(11)3(1)9;7-2-1-3(8)5(10)6(11)4(2)9/h;1H. The van der Waals surface area contributed by atoms with Gasteiger partial charge in [0.15, 0.2) is 0 Å². The molecule has 0 heterocycles. The van der Waals surface area contributed by atoms with Gasteiger partial charge in [-0.1, -0.05) is 128 Å². The van der Waals surface area contributed by atoms with Crippen LogP contribution in [-0.4, -0.2) is 0 Å². The summed E-state index contributed by atoms with van der Waals surface area (Å²) in [7, 11) is 0. The van der Waals surface area contributed by atoms with Crippen molar-refractivity contribution in [1.29, 1.82) is 0 Å². The summed E-state index contributed by atoms with van der Waals surface area (Å²) >= 11 is 62.2. The van der Waals surface area contributed by atoms with Crippen molar-refractivity contribution < 1.29 is 0 Å². The maximum absolute atomic E-state index is 5.67. The van der Waals surface area contributed by atoms with E-state index in [2.05, 4.69) is 0 Å². The first kappa shape index (κ1) is 22.7. The molecule has 2 aromatic carbocycles. The van der Waals surface area contributed by atoms with Gasteiger partial charge in [0.2, 0.25) is 0 Å². The number of benzene rings is 2.